The summed E-state index contributed by atoms with van der Waals surface area (Å²) in [6.07, 6.45) is 0. The van der Waals surface area contributed by atoms with Gasteiger partial charge in [-0.15, -0.1) is 5.10 Å². The lowest BCUT2D eigenvalue weighted by Gasteiger charge is -2.40. The molecule has 204 valence electrons. The number of benzene rings is 3. The summed E-state index contributed by atoms with van der Waals surface area (Å²) in [6, 6.07) is 20.3. The number of fused-ring (bicyclic) bond motifs is 1. The zero-order valence-corrected chi connectivity index (χ0v) is 22.9. The van der Waals surface area contributed by atoms with E-state index in [9.17, 15) is 9.18 Å². The maximum absolute atomic E-state index is 13.6. The van der Waals surface area contributed by atoms with Gasteiger partial charge in [-0.1, -0.05) is 42.5 Å². The number of para-hydroxylation sites is 1. The van der Waals surface area contributed by atoms with Crippen LogP contribution in [0.5, 0.6) is 0 Å². The van der Waals surface area contributed by atoms with Crippen molar-refractivity contribution < 1.29 is 4.39 Å². The number of aryl methyl sites for hydroxylation is 2. The summed E-state index contributed by atoms with van der Waals surface area (Å²) in [5.41, 5.74) is 6.98. The first-order chi connectivity index (χ1) is 19.4. The summed E-state index contributed by atoms with van der Waals surface area (Å²) >= 11 is 0. The highest BCUT2D eigenvalue weighted by Crippen LogP contribution is 2.31. The first kappa shape index (κ1) is 25.9. The summed E-state index contributed by atoms with van der Waals surface area (Å²) < 4.78 is 15.3. The second-order valence-electron chi connectivity index (χ2n) is 10.6. The number of nitrogens with one attached hydrogen (secondary N) is 1. The highest BCUT2D eigenvalue weighted by molar-refractivity contribution is 5.82. The second kappa shape index (κ2) is 10.7. The maximum Gasteiger partial charge on any atom is 0.253 e. The number of pyridine rings is 1. The number of nitrogens with zero attached hydrogens (tertiary/aromatic N) is 6. The van der Waals surface area contributed by atoms with Crippen molar-refractivity contribution >= 4 is 16.6 Å². The van der Waals surface area contributed by atoms with E-state index in [0.717, 1.165) is 48.2 Å². The normalized spacial score (nSPS) is 15.1. The van der Waals surface area contributed by atoms with E-state index in [-0.39, 0.29) is 11.4 Å². The monoisotopic (exact) mass is 537 g/mol. The number of tetrazole rings is 1. The van der Waals surface area contributed by atoms with Gasteiger partial charge in [-0.05, 0) is 83.1 Å². The minimum absolute atomic E-state index is 0.153. The third-order valence-corrected chi connectivity index (χ3v) is 8.06. The zero-order chi connectivity index (χ0) is 27.8. The third kappa shape index (κ3) is 4.88. The van der Waals surface area contributed by atoms with Crippen LogP contribution in [0.15, 0.2) is 71.5 Å². The molecule has 1 N–H and O–H groups in total. The lowest BCUT2D eigenvalue weighted by molar-refractivity contribution is 0.200. The molecule has 1 atom stereocenters. The molecule has 9 heteroatoms. The van der Waals surface area contributed by atoms with Gasteiger partial charge in [0.05, 0.1) is 12.1 Å². The molecule has 0 radical (unpaired) electrons. The smallest absolute Gasteiger partial charge is 0.253 e. The van der Waals surface area contributed by atoms with E-state index in [1.165, 1.54) is 28.9 Å². The second-order valence-corrected chi connectivity index (χ2v) is 10.6. The summed E-state index contributed by atoms with van der Waals surface area (Å²) in [5.74, 6) is 0.292. The number of halogens is 1. The van der Waals surface area contributed by atoms with Gasteiger partial charge in [-0.3, -0.25) is 9.69 Å². The molecule has 8 nitrogen and oxygen atoms in total. The SMILES string of the molecule is Cc1cccc(N2CCN(C(c3cc4cccc(C)c4[nH]c3=O)c3nnnn3Cc3ccc(F)cc3)CC2)c1C. The van der Waals surface area contributed by atoms with Gasteiger partial charge >= 0.3 is 0 Å². The van der Waals surface area contributed by atoms with Crippen LogP contribution in [0.1, 0.15) is 39.7 Å². The summed E-state index contributed by atoms with van der Waals surface area (Å²) in [4.78, 5) is 21.4. The Kier molecular flexibility index (Phi) is 6.89. The van der Waals surface area contributed by atoms with Gasteiger partial charge in [0.2, 0.25) is 0 Å². The molecule has 5 aromatic rings. The number of H-pyrrole nitrogens is 1. The Hall–Kier alpha value is -4.37. The van der Waals surface area contributed by atoms with Crippen LogP contribution in [-0.4, -0.2) is 56.3 Å². The molecule has 0 aliphatic carbocycles. The highest BCUT2D eigenvalue weighted by Gasteiger charge is 2.33. The minimum atomic E-state index is -0.454. The van der Waals surface area contributed by atoms with E-state index in [2.05, 4.69) is 62.4 Å². The fourth-order valence-electron chi connectivity index (χ4n) is 5.68. The Morgan fingerprint density at radius 3 is 2.42 bits per heavy atom. The van der Waals surface area contributed by atoms with Crippen molar-refractivity contribution in [3.63, 3.8) is 0 Å². The van der Waals surface area contributed by atoms with Gasteiger partial charge in [0.15, 0.2) is 5.82 Å². The molecule has 3 heterocycles. The van der Waals surface area contributed by atoms with Gasteiger partial charge < -0.3 is 9.88 Å². The van der Waals surface area contributed by atoms with Crippen LogP contribution >= 0.6 is 0 Å². The Labute approximate surface area is 232 Å². The van der Waals surface area contributed by atoms with Crippen LogP contribution in [0.4, 0.5) is 10.1 Å². The number of anilines is 1. The van der Waals surface area contributed by atoms with E-state index in [0.29, 0.717) is 17.9 Å². The zero-order valence-electron chi connectivity index (χ0n) is 22.9. The van der Waals surface area contributed by atoms with Crippen molar-refractivity contribution in [1.82, 2.24) is 30.1 Å². The van der Waals surface area contributed by atoms with Crippen LogP contribution in [0.25, 0.3) is 10.9 Å². The number of piperazine rings is 1. The van der Waals surface area contributed by atoms with E-state index < -0.39 is 6.04 Å². The Morgan fingerprint density at radius 1 is 0.925 bits per heavy atom. The first-order valence-electron chi connectivity index (χ1n) is 13.6. The third-order valence-electron chi connectivity index (χ3n) is 8.06. The van der Waals surface area contributed by atoms with Crippen molar-refractivity contribution in [3.05, 3.63) is 117 Å². The number of aromatic nitrogens is 5. The van der Waals surface area contributed by atoms with Gasteiger partial charge in [-0.2, -0.15) is 0 Å². The van der Waals surface area contributed by atoms with Crippen molar-refractivity contribution in [2.45, 2.75) is 33.4 Å². The molecule has 0 saturated carbocycles. The molecule has 0 amide bonds. The molecular weight excluding hydrogens is 505 g/mol. The number of hydrogen-bond donors (Lipinski definition) is 1. The topological polar surface area (TPSA) is 82.9 Å². The summed E-state index contributed by atoms with van der Waals surface area (Å²) in [6.45, 7) is 9.74. The van der Waals surface area contributed by atoms with Crippen molar-refractivity contribution in [3.8, 4) is 0 Å². The molecule has 1 fully saturated rings. The average molecular weight is 538 g/mol. The lowest BCUT2D eigenvalue weighted by atomic mass is 10.0. The van der Waals surface area contributed by atoms with Crippen LogP contribution in [0.3, 0.4) is 0 Å². The van der Waals surface area contributed by atoms with Gasteiger partial charge in [-0.25, -0.2) is 9.07 Å². The first-order valence-corrected chi connectivity index (χ1v) is 13.6. The van der Waals surface area contributed by atoms with E-state index in [1.807, 2.05) is 31.2 Å². The van der Waals surface area contributed by atoms with Crippen LogP contribution in [0.2, 0.25) is 0 Å². The maximum atomic E-state index is 13.6. The molecule has 1 aliphatic rings. The average Bonchev–Trinajstić information content (AvgIpc) is 3.40. The standard InChI is InChI=1S/C31H32FN7O/c1-20-6-5-9-27(22(20)3)37-14-16-38(17-15-37)29(26-18-24-8-4-7-21(2)28(24)33-31(26)40)30-34-35-36-39(30)19-23-10-12-25(32)13-11-23/h4-13,18,29H,14-17,19H2,1-3H3,(H,33,40). The molecule has 1 unspecified atom stereocenters. The minimum Gasteiger partial charge on any atom is -0.369 e. The highest BCUT2D eigenvalue weighted by atomic mass is 19.1. The molecule has 3 aromatic carbocycles. The fourth-order valence-corrected chi connectivity index (χ4v) is 5.68. The Morgan fingerprint density at radius 2 is 1.65 bits per heavy atom. The summed E-state index contributed by atoms with van der Waals surface area (Å²) in [5, 5.41) is 13.7. The lowest BCUT2D eigenvalue weighted by Crippen LogP contribution is -2.49. The van der Waals surface area contributed by atoms with Crippen LogP contribution in [0, 0.1) is 26.6 Å². The predicted molar refractivity (Wildman–Crippen MR) is 154 cm³/mol. The Balaban J connectivity index is 1.39. The molecule has 40 heavy (non-hydrogen) atoms. The van der Waals surface area contributed by atoms with Crippen LogP contribution in [-0.2, 0) is 6.54 Å². The quantitative estimate of drug-likeness (QED) is 0.343. The number of hydrogen-bond acceptors (Lipinski definition) is 6. The molecule has 2 aromatic heterocycles. The van der Waals surface area contributed by atoms with E-state index in [1.54, 1.807) is 16.8 Å². The van der Waals surface area contributed by atoms with Gasteiger partial charge in [0.1, 0.15) is 11.9 Å². The van der Waals surface area contributed by atoms with Crippen molar-refractivity contribution in [1.29, 1.82) is 0 Å². The largest absolute Gasteiger partial charge is 0.369 e. The van der Waals surface area contributed by atoms with Crippen molar-refractivity contribution in [2.75, 3.05) is 31.1 Å². The molecule has 0 spiro atoms. The summed E-state index contributed by atoms with van der Waals surface area (Å²) in [7, 11) is 0. The Bertz CT molecular complexity index is 1720. The van der Waals surface area contributed by atoms with Crippen molar-refractivity contribution in [2.24, 2.45) is 0 Å². The molecule has 1 aliphatic heterocycles. The van der Waals surface area contributed by atoms with Crippen LogP contribution < -0.4 is 10.5 Å². The fraction of sp³-hybridized carbons (Fsp3) is 0.290. The molecule has 6 rings (SSSR count). The van der Waals surface area contributed by atoms with E-state index in [4.69, 9.17) is 0 Å². The number of aromatic amines is 1. The number of rotatable bonds is 6. The molecule has 1 saturated heterocycles. The van der Waals surface area contributed by atoms with E-state index >= 15 is 0 Å². The predicted octanol–water partition coefficient (Wildman–Crippen LogP) is 4.54. The van der Waals surface area contributed by atoms with Gasteiger partial charge in [0.25, 0.3) is 5.56 Å². The molecule has 0 bridgehead atoms. The van der Waals surface area contributed by atoms with Gasteiger partial charge in [0, 0.05) is 37.4 Å². The molecular formula is C31H32FN7O.